The Labute approximate surface area is 139 Å². The highest BCUT2D eigenvalue weighted by Crippen LogP contribution is 2.17. The monoisotopic (exact) mass is 376 g/mol. The van der Waals surface area contributed by atoms with Gasteiger partial charge in [-0.1, -0.05) is 27.2 Å². The number of amides is 1. The highest BCUT2D eigenvalue weighted by molar-refractivity contribution is 9.10. The second kappa shape index (κ2) is 5.96. The van der Waals surface area contributed by atoms with E-state index >= 15 is 0 Å². The fraction of sp³-hybridized carbons (Fsp3) is 0.200. The molecule has 2 heterocycles. The molecule has 0 atom stereocenters. The Morgan fingerprint density at radius 3 is 2.91 bits per heavy atom. The van der Waals surface area contributed by atoms with E-state index in [2.05, 4.69) is 31.5 Å². The number of aryl methyl sites for hydroxylation is 2. The molecule has 0 radical (unpaired) electrons. The van der Waals surface area contributed by atoms with Crippen molar-refractivity contribution in [1.29, 1.82) is 0 Å². The highest BCUT2D eigenvalue weighted by Gasteiger charge is 2.16. The molecule has 0 unspecified atom stereocenters. The van der Waals surface area contributed by atoms with Crippen molar-refractivity contribution in [3.8, 4) is 0 Å². The van der Waals surface area contributed by atoms with Gasteiger partial charge in [-0.05, 0) is 32.0 Å². The van der Waals surface area contributed by atoms with E-state index < -0.39 is 5.56 Å². The lowest BCUT2D eigenvalue weighted by molar-refractivity contribution is -0.117. The molecule has 118 valence electrons. The second-order valence-corrected chi connectivity index (χ2v) is 5.98. The average molecular weight is 377 g/mol. The minimum Gasteiger partial charge on any atom is -0.360 e. The zero-order chi connectivity index (χ0) is 16.6. The van der Waals surface area contributed by atoms with Crippen molar-refractivity contribution < 1.29 is 9.32 Å². The van der Waals surface area contributed by atoms with E-state index in [1.54, 1.807) is 32.0 Å². The van der Waals surface area contributed by atoms with Crippen LogP contribution in [0.2, 0.25) is 0 Å². The van der Waals surface area contributed by atoms with Crippen LogP contribution in [0.3, 0.4) is 0 Å². The maximum atomic E-state index is 12.3. The zero-order valence-electron chi connectivity index (χ0n) is 12.5. The number of rotatable bonds is 3. The first-order chi connectivity index (χ1) is 11.0. The number of aromatic nitrogens is 3. The van der Waals surface area contributed by atoms with Crippen LogP contribution in [0.15, 0.2) is 38.1 Å². The van der Waals surface area contributed by atoms with Crippen molar-refractivity contribution in [2.45, 2.75) is 20.4 Å². The second-order valence-electron chi connectivity index (χ2n) is 5.07. The fourth-order valence-electron chi connectivity index (χ4n) is 2.35. The van der Waals surface area contributed by atoms with Crippen LogP contribution in [0.5, 0.6) is 0 Å². The molecule has 0 fully saturated rings. The standard InChI is InChI=1S/C15H13BrN4O3/c1-8-13-9(2)23-19-14(13)15(22)20(18-8)7-12(21)17-11-5-3-4-10(16)6-11/h3-6H,7H2,1-2H3,(H,17,21). The third kappa shape index (κ3) is 3.02. The summed E-state index contributed by atoms with van der Waals surface area (Å²) in [5.41, 5.74) is 0.957. The average Bonchev–Trinajstić information content (AvgIpc) is 2.87. The van der Waals surface area contributed by atoms with Crippen molar-refractivity contribution in [2.75, 3.05) is 5.32 Å². The van der Waals surface area contributed by atoms with Gasteiger partial charge in [0.05, 0.1) is 11.1 Å². The summed E-state index contributed by atoms with van der Waals surface area (Å²) in [6, 6.07) is 7.18. The number of nitrogens with one attached hydrogen (secondary N) is 1. The molecule has 23 heavy (non-hydrogen) atoms. The highest BCUT2D eigenvalue weighted by atomic mass is 79.9. The number of nitrogens with zero attached hydrogens (tertiary/aromatic N) is 3. The first-order valence-electron chi connectivity index (χ1n) is 6.85. The van der Waals surface area contributed by atoms with Crippen LogP contribution in [0.1, 0.15) is 11.5 Å². The number of hydrogen-bond donors (Lipinski definition) is 1. The summed E-state index contributed by atoms with van der Waals surface area (Å²) < 4.78 is 6.97. The van der Waals surface area contributed by atoms with E-state index in [1.807, 2.05) is 6.07 Å². The Morgan fingerprint density at radius 1 is 1.39 bits per heavy atom. The third-order valence-electron chi connectivity index (χ3n) is 3.33. The van der Waals surface area contributed by atoms with Crippen LogP contribution in [-0.2, 0) is 11.3 Å². The molecule has 0 saturated carbocycles. The van der Waals surface area contributed by atoms with E-state index in [-0.39, 0.29) is 18.0 Å². The topological polar surface area (TPSA) is 90.0 Å². The zero-order valence-corrected chi connectivity index (χ0v) is 14.0. The third-order valence-corrected chi connectivity index (χ3v) is 3.83. The molecule has 2 aromatic heterocycles. The number of fused-ring (bicyclic) bond motifs is 1. The molecule has 0 aliphatic carbocycles. The number of anilines is 1. The molecule has 1 aromatic carbocycles. The molecule has 0 bridgehead atoms. The van der Waals surface area contributed by atoms with Crippen molar-refractivity contribution in [1.82, 2.24) is 14.9 Å². The summed E-state index contributed by atoms with van der Waals surface area (Å²) in [6.45, 7) is 3.26. The number of halogens is 1. The molecular weight excluding hydrogens is 364 g/mol. The lowest BCUT2D eigenvalue weighted by Crippen LogP contribution is -2.30. The van der Waals surface area contributed by atoms with Crippen LogP contribution in [0.4, 0.5) is 5.69 Å². The van der Waals surface area contributed by atoms with Crippen LogP contribution in [-0.4, -0.2) is 20.8 Å². The number of hydrogen-bond acceptors (Lipinski definition) is 5. The molecule has 8 heteroatoms. The molecule has 0 spiro atoms. The van der Waals surface area contributed by atoms with Crippen molar-refractivity contribution in [2.24, 2.45) is 0 Å². The SMILES string of the molecule is Cc1nn(CC(=O)Nc2cccc(Br)c2)c(=O)c2noc(C)c12. The van der Waals surface area contributed by atoms with Gasteiger partial charge in [-0.2, -0.15) is 5.10 Å². The Kier molecular flexibility index (Phi) is 3.99. The quantitative estimate of drug-likeness (QED) is 0.757. The van der Waals surface area contributed by atoms with Gasteiger partial charge in [0.2, 0.25) is 5.91 Å². The van der Waals surface area contributed by atoms with Gasteiger partial charge in [-0.3, -0.25) is 9.59 Å². The van der Waals surface area contributed by atoms with E-state index in [0.29, 0.717) is 22.5 Å². The van der Waals surface area contributed by atoms with E-state index in [4.69, 9.17) is 4.52 Å². The van der Waals surface area contributed by atoms with Gasteiger partial charge in [0.1, 0.15) is 12.3 Å². The Bertz CT molecular complexity index is 961. The summed E-state index contributed by atoms with van der Waals surface area (Å²) >= 11 is 3.33. The summed E-state index contributed by atoms with van der Waals surface area (Å²) in [4.78, 5) is 24.5. The molecular formula is C15H13BrN4O3. The predicted molar refractivity (Wildman–Crippen MR) is 88.3 cm³/mol. The van der Waals surface area contributed by atoms with Gasteiger partial charge < -0.3 is 9.84 Å². The minimum absolute atomic E-state index is 0.185. The van der Waals surface area contributed by atoms with Crippen LogP contribution in [0, 0.1) is 13.8 Å². The van der Waals surface area contributed by atoms with Crippen LogP contribution < -0.4 is 10.9 Å². The Balaban J connectivity index is 1.88. The normalized spacial score (nSPS) is 10.9. The maximum Gasteiger partial charge on any atom is 0.297 e. The maximum absolute atomic E-state index is 12.3. The predicted octanol–water partition coefficient (Wildman–Crippen LogP) is 2.40. The fourth-order valence-corrected chi connectivity index (χ4v) is 2.75. The van der Waals surface area contributed by atoms with Crippen LogP contribution >= 0.6 is 15.9 Å². The van der Waals surface area contributed by atoms with E-state index in [9.17, 15) is 9.59 Å². The van der Waals surface area contributed by atoms with Gasteiger partial charge in [-0.25, -0.2) is 4.68 Å². The molecule has 0 saturated heterocycles. The van der Waals surface area contributed by atoms with Crippen molar-refractivity contribution in [3.63, 3.8) is 0 Å². The van der Waals surface area contributed by atoms with Gasteiger partial charge in [-0.15, -0.1) is 0 Å². The Hall–Kier alpha value is -2.48. The lowest BCUT2D eigenvalue weighted by Gasteiger charge is -2.08. The Morgan fingerprint density at radius 2 is 2.17 bits per heavy atom. The number of benzene rings is 1. The van der Waals surface area contributed by atoms with Crippen molar-refractivity contribution >= 4 is 38.4 Å². The minimum atomic E-state index is -0.452. The molecule has 3 aromatic rings. The molecule has 1 N–H and O–H groups in total. The van der Waals surface area contributed by atoms with Gasteiger partial charge in [0, 0.05) is 10.2 Å². The van der Waals surface area contributed by atoms with E-state index in [0.717, 1.165) is 9.15 Å². The molecule has 1 amide bonds. The van der Waals surface area contributed by atoms with Gasteiger partial charge in [0.15, 0.2) is 5.52 Å². The summed E-state index contributed by atoms with van der Waals surface area (Å²) in [5, 5.41) is 11.2. The van der Waals surface area contributed by atoms with Gasteiger partial charge >= 0.3 is 0 Å². The van der Waals surface area contributed by atoms with E-state index in [1.165, 1.54) is 0 Å². The number of carbonyl (C=O) groups excluding carboxylic acids is 1. The largest absolute Gasteiger partial charge is 0.360 e. The molecule has 0 aliphatic rings. The first kappa shape index (κ1) is 15.4. The summed E-state index contributed by atoms with van der Waals surface area (Å²) in [7, 11) is 0. The molecule has 3 rings (SSSR count). The summed E-state index contributed by atoms with van der Waals surface area (Å²) in [5.74, 6) is 0.185. The van der Waals surface area contributed by atoms with Gasteiger partial charge in [0.25, 0.3) is 5.56 Å². The molecule has 7 nitrogen and oxygen atoms in total. The lowest BCUT2D eigenvalue weighted by atomic mass is 10.2. The smallest absolute Gasteiger partial charge is 0.297 e. The first-order valence-corrected chi connectivity index (χ1v) is 7.64. The summed E-state index contributed by atoms with van der Waals surface area (Å²) in [6.07, 6.45) is 0. The van der Waals surface area contributed by atoms with Crippen LogP contribution in [0.25, 0.3) is 10.9 Å². The van der Waals surface area contributed by atoms with Crippen molar-refractivity contribution in [3.05, 3.63) is 50.5 Å². The number of carbonyl (C=O) groups is 1. The molecule has 0 aliphatic heterocycles.